The van der Waals surface area contributed by atoms with Crippen LogP contribution < -0.4 is 4.90 Å². The third-order valence-electron chi connectivity index (χ3n) is 4.87. The number of benzene rings is 1. The molecule has 7 nitrogen and oxygen atoms in total. The molecule has 4 aromatic rings. The smallest absolute Gasteiger partial charge is 0.183 e. The summed E-state index contributed by atoms with van der Waals surface area (Å²) in [6.07, 6.45) is 5.91. The molecule has 5 rings (SSSR count). The number of aliphatic hydroxyl groups is 1. The van der Waals surface area contributed by atoms with Crippen molar-refractivity contribution < 1.29 is 5.11 Å². The van der Waals surface area contributed by atoms with E-state index in [1.54, 1.807) is 17.1 Å². The Morgan fingerprint density at radius 2 is 1.74 bits per heavy atom. The second-order valence-corrected chi connectivity index (χ2v) is 6.67. The molecule has 0 saturated carbocycles. The lowest BCUT2D eigenvalue weighted by Crippen LogP contribution is -2.23. The van der Waals surface area contributed by atoms with Crippen molar-refractivity contribution in [2.24, 2.45) is 0 Å². The van der Waals surface area contributed by atoms with Gasteiger partial charge in [0.15, 0.2) is 11.6 Å². The predicted octanol–water partition coefficient (Wildman–Crippen LogP) is 2.45. The van der Waals surface area contributed by atoms with Crippen LogP contribution >= 0.6 is 0 Å². The minimum Gasteiger partial charge on any atom is -0.391 e. The van der Waals surface area contributed by atoms with Gasteiger partial charge in [-0.2, -0.15) is 5.10 Å². The topological polar surface area (TPSA) is 80.0 Å². The van der Waals surface area contributed by atoms with E-state index in [2.05, 4.69) is 25.2 Å². The summed E-state index contributed by atoms with van der Waals surface area (Å²) >= 11 is 0. The molecule has 0 bridgehead atoms. The number of aliphatic hydroxyl groups excluding tert-OH is 1. The van der Waals surface area contributed by atoms with Gasteiger partial charge in [-0.3, -0.25) is 4.98 Å². The van der Waals surface area contributed by atoms with Crippen LogP contribution in [0.5, 0.6) is 0 Å². The van der Waals surface area contributed by atoms with Crippen molar-refractivity contribution in [1.29, 1.82) is 0 Å². The van der Waals surface area contributed by atoms with Crippen molar-refractivity contribution in [3.8, 4) is 17.1 Å². The van der Waals surface area contributed by atoms with E-state index >= 15 is 0 Å². The molecular weight excluding hydrogens is 340 g/mol. The number of aromatic nitrogens is 5. The number of rotatable bonds is 3. The van der Waals surface area contributed by atoms with Gasteiger partial charge in [0.1, 0.15) is 0 Å². The molecule has 27 heavy (non-hydrogen) atoms. The molecule has 0 spiro atoms. The van der Waals surface area contributed by atoms with Crippen molar-refractivity contribution in [2.45, 2.75) is 12.5 Å². The van der Waals surface area contributed by atoms with E-state index in [-0.39, 0.29) is 6.10 Å². The third-order valence-corrected chi connectivity index (χ3v) is 4.87. The molecule has 1 aromatic carbocycles. The summed E-state index contributed by atoms with van der Waals surface area (Å²) in [5.74, 6) is 1.49. The summed E-state index contributed by atoms with van der Waals surface area (Å²) in [6, 6.07) is 13.8. The number of anilines is 1. The van der Waals surface area contributed by atoms with Crippen molar-refractivity contribution in [1.82, 2.24) is 25.0 Å². The monoisotopic (exact) mass is 358 g/mol. The van der Waals surface area contributed by atoms with Crippen LogP contribution in [0.1, 0.15) is 6.42 Å². The first-order valence-corrected chi connectivity index (χ1v) is 8.94. The summed E-state index contributed by atoms with van der Waals surface area (Å²) in [5.41, 5.74) is 1.79. The summed E-state index contributed by atoms with van der Waals surface area (Å²) in [7, 11) is 0. The van der Waals surface area contributed by atoms with Gasteiger partial charge < -0.3 is 10.0 Å². The lowest BCUT2D eigenvalue weighted by molar-refractivity contribution is 0.198. The van der Waals surface area contributed by atoms with Gasteiger partial charge in [0.2, 0.25) is 0 Å². The molecular formula is C20H18N6O. The number of hydrogen-bond acceptors (Lipinski definition) is 6. The van der Waals surface area contributed by atoms with Crippen LogP contribution in [0.3, 0.4) is 0 Å². The maximum Gasteiger partial charge on any atom is 0.183 e. The zero-order chi connectivity index (χ0) is 18.2. The minimum absolute atomic E-state index is 0.308. The van der Waals surface area contributed by atoms with Crippen LogP contribution in [0.15, 0.2) is 61.1 Å². The molecule has 0 radical (unpaired) electrons. The summed E-state index contributed by atoms with van der Waals surface area (Å²) in [5, 5.41) is 25.2. The highest BCUT2D eigenvalue weighted by Crippen LogP contribution is 2.30. The van der Waals surface area contributed by atoms with E-state index < -0.39 is 0 Å². The first kappa shape index (κ1) is 15.9. The van der Waals surface area contributed by atoms with Gasteiger partial charge in [-0.05, 0) is 18.6 Å². The van der Waals surface area contributed by atoms with Gasteiger partial charge in [0, 0.05) is 41.8 Å². The third kappa shape index (κ3) is 2.82. The van der Waals surface area contributed by atoms with Crippen LogP contribution in [0.2, 0.25) is 0 Å². The average molecular weight is 358 g/mol. The first-order chi connectivity index (χ1) is 13.3. The molecule has 3 aromatic heterocycles. The van der Waals surface area contributed by atoms with Crippen LogP contribution in [-0.2, 0) is 0 Å². The molecule has 1 aliphatic heterocycles. The Kier molecular flexibility index (Phi) is 3.79. The quantitative estimate of drug-likeness (QED) is 0.606. The van der Waals surface area contributed by atoms with Gasteiger partial charge in [-0.25, -0.2) is 4.68 Å². The molecule has 1 saturated heterocycles. The van der Waals surface area contributed by atoms with E-state index in [4.69, 9.17) is 0 Å². The van der Waals surface area contributed by atoms with Crippen molar-refractivity contribution in [2.75, 3.05) is 18.0 Å². The molecule has 7 heteroatoms. The normalized spacial score (nSPS) is 16.9. The van der Waals surface area contributed by atoms with E-state index in [0.29, 0.717) is 12.4 Å². The highest BCUT2D eigenvalue weighted by atomic mass is 16.3. The fourth-order valence-electron chi connectivity index (χ4n) is 3.52. The molecule has 1 atom stereocenters. The van der Waals surface area contributed by atoms with Gasteiger partial charge in [0.05, 0.1) is 18.0 Å². The molecule has 1 fully saturated rings. The maximum absolute atomic E-state index is 9.87. The Morgan fingerprint density at radius 3 is 2.48 bits per heavy atom. The van der Waals surface area contributed by atoms with E-state index in [1.807, 2.05) is 48.7 Å². The second kappa shape index (κ2) is 6.44. The van der Waals surface area contributed by atoms with Crippen molar-refractivity contribution >= 4 is 16.6 Å². The standard InChI is InChI=1S/C20H18N6O/c27-15-8-10-25(13-15)19-16-5-1-2-6-17(16)20(24-23-19)26-12-14(11-22-26)18-7-3-4-9-21-18/h1-7,9,11-12,15,27H,8,10,13H2/t15-/m1/s1. The molecule has 0 amide bonds. The molecule has 1 N–H and O–H groups in total. The van der Waals surface area contributed by atoms with Crippen LogP contribution in [0, 0.1) is 0 Å². The Morgan fingerprint density at radius 1 is 0.963 bits per heavy atom. The minimum atomic E-state index is -0.308. The highest BCUT2D eigenvalue weighted by Gasteiger charge is 2.24. The molecule has 0 aliphatic carbocycles. The SMILES string of the molecule is O[C@@H]1CCN(c2nnc(-n3cc(-c4ccccn4)cn3)c3ccccc23)C1. The number of hydrogen-bond donors (Lipinski definition) is 1. The fraction of sp³-hybridized carbons (Fsp3) is 0.200. The fourth-order valence-corrected chi connectivity index (χ4v) is 3.52. The maximum atomic E-state index is 9.87. The van der Waals surface area contributed by atoms with E-state index in [0.717, 1.165) is 40.8 Å². The largest absolute Gasteiger partial charge is 0.391 e. The number of pyridine rings is 1. The summed E-state index contributed by atoms with van der Waals surface area (Å²) in [4.78, 5) is 6.46. The van der Waals surface area contributed by atoms with E-state index in [9.17, 15) is 5.11 Å². The lowest BCUT2D eigenvalue weighted by Gasteiger charge is -2.18. The summed E-state index contributed by atoms with van der Waals surface area (Å²) in [6.45, 7) is 1.37. The molecule has 0 unspecified atom stereocenters. The Labute approximate surface area is 155 Å². The van der Waals surface area contributed by atoms with Gasteiger partial charge in [-0.1, -0.05) is 30.3 Å². The molecule has 1 aliphatic rings. The number of nitrogens with zero attached hydrogens (tertiary/aromatic N) is 6. The number of fused-ring (bicyclic) bond motifs is 1. The Balaban J connectivity index is 1.60. The molecule has 134 valence electrons. The van der Waals surface area contributed by atoms with E-state index in [1.165, 1.54) is 0 Å². The Bertz CT molecular complexity index is 1090. The zero-order valence-electron chi connectivity index (χ0n) is 14.6. The second-order valence-electron chi connectivity index (χ2n) is 6.67. The lowest BCUT2D eigenvalue weighted by atomic mass is 10.1. The summed E-state index contributed by atoms with van der Waals surface area (Å²) < 4.78 is 1.74. The first-order valence-electron chi connectivity index (χ1n) is 8.94. The number of β-amino-alcohol motifs (C(OH)–C–C–N with tert-alkyl or cyclic N) is 1. The average Bonchev–Trinajstić information content (AvgIpc) is 3.37. The van der Waals surface area contributed by atoms with Crippen molar-refractivity contribution in [3.63, 3.8) is 0 Å². The van der Waals surface area contributed by atoms with Crippen LogP contribution in [-0.4, -0.2) is 49.3 Å². The molecule has 4 heterocycles. The van der Waals surface area contributed by atoms with Gasteiger partial charge in [-0.15, -0.1) is 10.2 Å². The van der Waals surface area contributed by atoms with Crippen LogP contribution in [0.25, 0.3) is 27.8 Å². The van der Waals surface area contributed by atoms with Gasteiger partial charge >= 0.3 is 0 Å². The predicted molar refractivity (Wildman–Crippen MR) is 103 cm³/mol. The highest BCUT2D eigenvalue weighted by molar-refractivity contribution is 5.96. The van der Waals surface area contributed by atoms with Crippen LogP contribution in [0.4, 0.5) is 5.82 Å². The Hall–Kier alpha value is -3.32. The van der Waals surface area contributed by atoms with Crippen molar-refractivity contribution in [3.05, 3.63) is 61.1 Å². The zero-order valence-corrected chi connectivity index (χ0v) is 14.6. The van der Waals surface area contributed by atoms with Gasteiger partial charge in [0.25, 0.3) is 0 Å².